The zero-order valence-corrected chi connectivity index (χ0v) is 15.0. The van der Waals surface area contributed by atoms with Gasteiger partial charge in [0.25, 0.3) is 0 Å². The predicted octanol–water partition coefficient (Wildman–Crippen LogP) is 5.41. The van der Waals surface area contributed by atoms with Gasteiger partial charge in [0.05, 0.1) is 0 Å². The van der Waals surface area contributed by atoms with Gasteiger partial charge in [-0.05, 0) is 43.4 Å². The fourth-order valence-corrected chi connectivity index (χ4v) is 4.36. The van der Waals surface area contributed by atoms with Crippen LogP contribution in [0.3, 0.4) is 0 Å². The molecule has 2 fully saturated rings. The third-order valence-corrected chi connectivity index (χ3v) is 5.94. The molecule has 2 atom stereocenters. The quantitative estimate of drug-likeness (QED) is 0.668. The van der Waals surface area contributed by atoms with Crippen molar-refractivity contribution in [2.24, 2.45) is 5.92 Å². The molecule has 0 unspecified atom stereocenters. The maximum Gasteiger partial charge on any atom is 0.410 e. The largest absolute Gasteiger partial charge is 0.437 e. The molecular formula is C21H28FNO2. The minimum Gasteiger partial charge on any atom is -0.437 e. The highest BCUT2D eigenvalue weighted by atomic mass is 19.1. The number of rotatable bonds is 5. The van der Waals surface area contributed by atoms with E-state index in [1.165, 1.54) is 44.2 Å². The second-order valence-electron chi connectivity index (χ2n) is 7.44. The van der Waals surface area contributed by atoms with Crippen molar-refractivity contribution in [1.29, 1.82) is 0 Å². The molecule has 0 spiro atoms. The van der Waals surface area contributed by atoms with Gasteiger partial charge in [-0.1, -0.05) is 37.5 Å². The Bertz CT molecular complexity index is 609. The van der Waals surface area contributed by atoms with Gasteiger partial charge in [0.2, 0.25) is 0 Å². The molecule has 136 valence electrons. The van der Waals surface area contributed by atoms with Crippen molar-refractivity contribution in [2.45, 2.75) is 63.5 Å². The Morgan fingerprint density at radius 3 is 2.60 bits per heavy atom. The molecule has 1 aromatic carbocycles. The summed E-state index contributed by atoms with van der Waals surface area (Å²) >= 11 is 0. The van der Waals surface area contributed by atoms with Crippen molar-refractivity contribution in [3.05, 3.63) is 48.3 Å². The molecule has 3 nitrogen and oxygen atoms in total. The summed E-state index contributed by atoms with van der Waals surface area (Å²) in [5, 5.41) is 0. The molecule has 1 saturated carbocycles. The zero-order chi connectivity index (χ0) is 17.9. The van der Waals surface area contributed by atoms with E-state index in [-0.39, 0.29) is 18.0 Å². The highest BCUT2D eigenvalue weighted by Crippen LogP contribution is 2.39. The summed E-state index contributed by atoms with van der Waals surface area (Å²) in [5.74, 6) is 0.284. The zero-order valence-electron chi connectivity index (χ0n) is 15.0. The van der Waals surface area contributed by atoms with Crippen molar-refractivity contribution in [1.82, 2.24) is 4.90 Å². The Morgan fingerprint density at radius 2 is 2.00 bits per heavy atom. The van der Waals surface area contributed by atoms with Crippen LogP contribution in [0.15, 0.2) is 36.9 Å². The van der Waals surface area contributed by atoms with Crippen LogP contribution in [0, 0.1) is 11.7 Å². The van der Waals surface area contributed by atoms with Crippen molar-refractivity contribution < 1.29 is 13.9 Å². The molecular weight excluding hydrogens is 317 g/mol. The number of benzene rings is 1. The van der Waals surface area contributed by atoms with Crippen molar-refractivity contribution >= 4 is 6.09 Å². The molecule has 25 heavy (non-hydrogen) atoms. The monoisotopic (exact) mass is 345 g/mol. The molecule has 4 heteroatoms. The number of ether oxygens (including phenoxy) is 1. The van der Waals surface area contributed by atoms with Crippen molar-refractivity contribution in [3.8, 4) is 0 Å². The van der Waals surface area contributed by atoms with Crippen LogP contribution in [0.25, 0.3) is 0 Å². The molecule has 0 bridgehead atoms. The first-order valence-electron chi connectivity index (χ1n) is 9.42. The number of carbonyl (C=O) groups is 1. The Morgan fingerprint density at radius 1 is 1.32 bits per heavy atom. The Hall–Kier alpha value is -1.84. The van der Waals surface area contributed by atoms with Gasteiger partial charge in [0, 0.05) is 25.4 Å². The molecule has 1 aromatic rings. The van der Waals surface area contributed by atoms with Gasteiger partial charge < -0.3 is 9.64 Å². The first-order chi connectivity index (χ1) is 12.1. The summed E-state index contributed by atoms with van der Waals surface area (Å²) in [6, 6.07) is 6.48. The number of hydrogen-bond acceptors (Lipinski definition) is 2. The first-order valence-corrected chi connectivity index (χ1v) is 9.42. The highest BCUT2D eigenvalue weighted by Gasteiger charge is 2.43. The lowest BCUT2D eigenvalue weighted by molar-refractivity contribution is -0.0646. The second kappa shape index (κ2) is 7.59. The lowest BCUT2D eigenvalue weighted by atomic mass is 9.82. The normalized spacial score (nSPS) is 26.2. The number of amides is 1. The van der Waals surface area contributed by atoms with Crippen LogP contribution in [0.5, 0.6) is 0 Å². The Labute approximate surface area is 149 Å². The topological polar surface area (TPSA) is 29.5 Å². The standard InChI is InChI=1S/C21H28FNO2/c1-3-13-21(18-9-11-19(22)12-10-18)14-15-23(20(24)25-21)16(2)17-7-5-4-6-8-17/h3,9-12,16-17H,1,4-8,13-15H2,2H3/t16-,21-/m0/s1. The number of hydrogen-bond donors (Lipinski definition) is 0. The predicted molar refractivity (Wildman–Crippen MR) is 96.7 cm³/mol. The van der Waals surface area contributed by atoms with Crippen LogP contribution in [0.1, 0.15) is 57.4 Å². The third kappa shape index (κ3) is 3.73. The summed E-state index contributed by atoms with van der Waals surface area (Å²) in [5.41, 5.74) is 0.113. The van der Waals surface area contributed by atoms with Gasteiger partial charge in [-0.15, -0.1) is 6.58 Å². The molecule has 1 saturated heterocycles. The van der Waals surface area contributed by atoms with E-state index in [4.69, 9.17) is 4.74 Å². The fourth-order valence-electron chi connectivity index (χ4n) is 4.36. The molecule has 2 aliphatic rings. The minimum atomic E-state index is -0.727. The van der Waals surface area contributed by atoms with E-state index in [0.29, 0.717) is 25.3 Å². The molecule has 1 aliphatic heterocycles. The SMILES string of the molecule is C=CC[C@@]1(c2ccc(F)cc2)CCN([C@@H](C)C2CCCCC2)C(=O)O1. The van der Waals surface area contributed by atoms with Crippen LogP contribution in [-0.2, 0) is 10.3 Å². The van der Waals surface area contributed by atoms with Gasteiger partial charge in [-0.2, -0.15) is 0 Å². The minimum absolute atomic E-state index is 0.211. The van der Waals surface area contributed by atoms with Gasteiger partial charge in [0.15, 0.2) is 0 Å². The number of cyclic esters (lactones) is 1. The van der Waals surface area contributed by atoms with E-state index >= 15 is 0 Å². The van der Waals surface area contributed by atoms with Crippen LogP contribution in [0.2, 0.25) is 0 Å². The van der Waals surface area contributed by atoms with E-state index in [1.54, 1.807) is 18.2 Å². The van der Waals surface area contributed by atoms with Crippen LogP contribution in [-0.4, -0.2) is 23.6 Å². The average Bonchev–Trinajstić information content (AvgIpc) is 2.63. The van der Waals surface area contributed by atoms with Crippen LogP contribution >= 0.6 is 0 Å². The highest BCUT2D eigenvalue weighted by molar-refractivity contribution is 5.70. The Kier molecular flexibility index (Phi) is 5.45. The van der Waals surface area contributed by atoms with E-state index in [2.05, 4.69) is 13.5 Å². The van der Waals surface area contributed by atoms with Crippen molar-refractivity contribution in [2.75, 3.05) is 6.54 Å². The molecule has 0 N–H and O–H groups in total. The molecule has 1 aliphatic carbocycles. The molecule has 3 rings (SSSR count). The Balaban J connectivity index is 1.76. The molecule has 1 heterocycles. The van der Waals surface area contributed by atoms with Crippen LogP contribution in [0.4, 0.5) is 9.18 Å². The lowest BCUT2D eigenvalue weighted by Crippen LogP contribution is -2.52. The summed E-state index contributed by atoms with van der Waals surface area (Å²) in [4.78, 5) is 14.7. The van der Waals surface area contributed by atoms with Gasteiger partial charge >= 0.3 is 6.09 Å². The van der Waals surface area contributed by atoms with Gasteiger partial charge in [0.1, 0.15) is 11.4 Å². The first kappa shape index (κ1) is 18.0. The molecule has 1 amide bonds. The fraction of sp³-hybridized carbons (Fsp3) is 0.571. The number of nitrogens with zero attached hydrogens (tertiary/aromatic N) is 1. The van der Waals surface area contributed by atoms with Gasteiger partial charge in [-0.25, -0.2) is 9.18 Å². The van der Waals surface area contributed by atoms with E-state index in [1.807, 2.05) is 4.90 Å². The molecule has 0 aromatic heterocycles. The lowest BCUT2D eigenvalue weighted by Gasteiger charge is -2.45. The van der Waals surface area contributed by atoms with Crippen LogP contribution < -0.4 is 0 Å². The third-order valence-electron chi connectivity index (χ3n) is 5.94. The van der Waals surface area contributed by atoms with Crippen molar-refractivity contribution in [3.63, 3.8) is 0 Å². The maximum absolute atomic E-state index is 13.3. The smallest absolute Gasteiger partial charge is 0.410 e. The summed E-state index contributed by atoms with van der Waals surface area (Å²) < 4.78 is 19.2. The average molecular weight is 345 g/mol. The van der Waals surface area contributed by atoms with Gasteiger partial charge in [-0.3, -0.25) is 0 Å². The molecule has 0 radical (unpaired) electrons. The number of halogens is 1. The number of carbonyl (C=O) groups excluding carboxylic acids is 1. The van der Waals surface area contributed by atoms with E-state index < -0.39 is 5.60 Å². The summed E-state index contributed by atoms with van der Waals surface area (Å²) in [7, 11) is 0. The van der Waals surface area contributed by atoms with E-state index in [0.717, 1.165) is 5.56 Å². The summed E-state index contributed by atoms with van der Waals surface area (Å²) in [6.07, 6.45) is 8.97. The second-order valence-corrected chi connectivity index (χ2v) is 7.44. The summed E-state index contributed by atoms with van der Waals surface area (Å²) in [6.45, 7) is 6.63. The maximum atomic E-state index is 13.3. The van der Waals surface area contributed by atoms with E-state index in [9.17, 15) is 9.18 Å².